The van der Waals surface area contributed by atoms with Crippen molar-refractivity contribution in [2.24, 2.45) is 5.73 Å². The van der Waals surface area contributed by atoms with E-state index in [9.17, 15) is 4.79 Å². The fourth-order valence-electron chi connectivity index (χ4n) is 1.49. The van der Waals surface area contributed by atoms with Gasteiger partial charge in [0.2, 0.25) is 5.91 Å². The van der Waals surface area contributed by atoms with Crippen molar-refractivity contribution in [2.75, 3.05) is 13.1 Å². The zero-order valence-corrected chi connectivity index (χ0v) is 11.0. The van der Waals surface area contributed by atoms with Crippen LogP contribution >= 0.6 is 0 Å². The molecule has 0 fully saturated rings. The molecule has 0 bridgehead atoms. The van der Waals surface area contributed by atoms with E-state index in [4.69, 9.17) is 5.73 Å². The summed E-state index contributed by atoms with van der Waals surface area (Å²) in [5.74, 6) is 0.0428. The van der Waals surface area contributed by atoms with Crippen LogP contribution in [-0.4, -0.2) is 38.9 Å². The van der Waals surface area contributed by atoms with Gasteiger partial charge < -0.3 is 10.6 Å². The van der Waals surface area contributed by atoms with Crippen LogP contribution in [0.25, 0.3) is 0 Å². The van der Waals surface area contributed by atoms with Crippen molar-refractivity contribution < 1.29 is 4.79 Å². The first kappa shape index (κ1) is 13.6. The second-order valence-electron chi connectivity index (χ2n) is 4.59. The molecule has 0 aliphatic heterocycles. The zero-order valence-electron chi connectivity index (χ0n) is 11.0. The fraction of sp³-hybridized carbons (Fsp3) is 0.727. The van der Waals surface area contributed by atoms with Gasteiger partial charge in [0.15, 0.2) is 0 Å². The molecule has 1 heterocycles. The smallest absolute Gasteiger partial charge is 0.244 e. The van der Waals surface area contributed by atoms with Gasteiger partial charge in [-0.15, -0.1) is 5.10 Å². The normalized spacial score (nSPS) is 11.6. The predicted molar refractivity (Wildman–Crippen MR) is 65.2 cm³/mol. The molecule has 2 N–H and O–H groups in total. The summed E-state index contributed by atoms with van der Waals surface area (Å²) in [6.45, 7) is 9.25. The Morgan fingerprint density at radius 2 is 2.06 bits per heavy atom. The second-order valence-corrected chi connectivity index (χ2v) is 4.59. The minimum Gasteiger partial charge on any atom is -0.342 e. The second kappa shape index (κ2) is 5.27. The molecule has 1 aromatic heterocycles. The van der Waals surface area contributed by atoms with E-state index >= 15 is 0 Å². The summed E-state index contributed by atoms with van der Waals surface area (Å²) >= 11 is 0. The van der Waals surface area contributed by atoms with Crippen LogP contribution in [0.15, 0.2) is 6.20 Å². The lowest BCUT2D eigenvalue weighted by Crippen LogP contribution is -2.33. The van der Waals surface area contributed by atoms with Gasteiger partial charge >= 0.3 is 0 Å². The van der Waals surface area contributed by atoms with E-state index in [2.05, 4.69) is 10.3 Å². The van der Waals surface area contributed by atoms with E-state index in [1.165, 1.54) is 4.68 Å². The molecule has 0 aromatic carbocycles. The van der Waals surface area contributed by atoms with Crippen molar-refractivity contribution in [3.8, 4) is 0 Å². The number of carbonyl (C=O) groups is 1. The Bertz CT molecular complexity index is 375. The maximum atomic E-state index is 11.8. The summed E-state index contributed by atoms with van der Waals surface area (Å²) in [5.41, 5.74) is 6.06. The monoisotopic (exact) mass is 239 g/mol. The molecule has 0 unspecified atom stereocenters. The van der Waals surface area contributed by atoms with Gasteiger partial charge in [0, 0.05) is 13.1 Å². The number of aromatic nitrogens is 3. The van der Waals surface area contributed by atoms with Gasteiger partial charge in [0.05, 0.1) is 11.7 Å². The Kier molecular flexibility index (Phi) is 4.22. The van der Waals surface area contributed by atoms with Crippen molar-refractivity contribution in [1.29, 1.82) is 0 Å². The van der Waals surface area contributed by atoms with Gasteiger partial charge in [-0.2, -0.15) is 0 Å². The Morgan fingerprint density at radius 1 is 1.47 bits per heavy atom. The first-order valence-corrected chi connectivity index (χ1v) is 5.85. The molecule has 0 atom stereocenters. The molecule has 17 heavy (non-hydrogen) atoms. The molecule has 6 nitrogen and oxygen atoms in total. The highest BCUT2D eigenvalue weighted by molar-refractivity contribution is 5.75. The molecule has 0 aliphatic carbocycles. The molecule has 96 valence electrons. The summed E-state index contributed by atoms with van der Waals surface area (Å²) in [5, 5.41) is 7.88. The number of nitrogens with zero attached hydrogens (tertiary/aromatic N) is 4. The summed E-state index contributed by atoms with van der Waals surface area (Å²) in [7, 11) is 0. The fourth-order valence-corrected chi connectivity index (χ4v) is 1.49. The average Bonchev–Trinajstić information content (AvgIpc) is 2.67. The highest BCUT2D eigenvalue weighted by Crippen LogP contribution is 2.12. The Labute approximate surface area is 102 Å². The summed E-state index contributed by atoms with van der Waals surface area (Å²) in [4.78, 5) is 13.6. The third-order valence-electron chi connectivity index (χ3n) is 2.61. The van der Waals surface area contributed by atoms with Crippen molar-refractivity contribution in [2.45, 2.75) is 39.8 Å². The standard InChI is InChI=1S/C11H21N5O/c1-5-15(6-2)10(17)8-16-7-9(13-14-16)11(3,4)12/h7H,5-6,8,12H2,1-4H3. The third kappa shape index (κ3) is 3.52. The molecular formula is C11H21N5O. The molecular weight excluding hydrogens is 218 g/mol. The largest absolute Gasteiger partial charge is 0.342 e. The third-order valence-corrected chi connectivity index (χ3v) is 2.61. The van der Waals surface area contributed by atoms with E-state index < -0.39 is 5.54 Å². The molecule has 0 spiro atoms. The van der Waals surface area contributed by atoms with Crippen LogP contribution in [0.5, 0.6) is 0 Å². The lowest BCUT2D eigenvalue weighted by molar-refractivity contribution is -0.131. The zero-order chi connectivity index (χ0) is 13.1. The first-order valence-electron chi connectivity index (χ1n) is 5.85. The highest BCUT2D eigenvalue weighted by Gasteiger charge is 2.19. The quantitative estimate of drug-likeness (QED) is 0.803. The van der Waals surface area contributed by atoms with Gasteiger partial charge in [-0.1, -0.05) is 5.21 Å². The van der Waals surface area contributed by atoms with Crippen LogP contribution in [0.3, 0.4) is 0 Å². The number of rotatable bonds is 5. The van der Waals surface area contributed by atoms with Gasteiger partial charge in [0.25, 0.3) is 0 Å². The number of likely N-dealkylation sites (N-methyl/N-ethyl adjacent to an activating group) is 1. The Hall–Kier alpha value is -1.43. The van der Waals surface area contributed by atoms with Crippen LogP contribution in [0, 0.1) is 0 Å². The number of hydrogen-bond acceptors (Lipinski definition) is 4. The van der Waals surface area contributed by atoms with E-state index in [1.807, 2.05) is 27.7 Å². The minimum absolute atomic E-state index is 0.0428. The predicted octanol–water partition coefficient (Wildman–Crippen LogP) is 0.340. The van der Waals surface area contributed by atoms with Crippen LogP contribution < -0.4 is 5.73 Å². The summed E-state index contributed by atoms with van der Waals surface area (Å²) < 4.78 is 1.53. The maximum Gasteiger partial charge on any atom is 0.244 e. The number of hydrogen-bond donors (Lipinski definition) is 1. The molecule has 6 heteroatoms. The van der Waals surface area contributed by atoms with Gasteiger partial charge in [0.1, 0.15) is 12.2 Å². The molecule has 1 amide bonds. The van der Waals surface area contributed by atoms with Crippen molar-refractivity contribution in [3.05, 3.63) is 11.9 Å². The van der Waals surface area contributed by atoms with E-state index in [0.717, 1.165) is 0 Å². The van der Waals surface area contributed by atoms with Crippen LogP contribution in [0.2, 0.25) is 0 Å². The van der Waals surface area contributed by atoms with Gasteiger partial charge in [-0.25, -0.2) is 4.68 Å². The van der Waals surface area contributed by atoms with Crippen molar-refractivity contribution >= 4 is 5.91 Å². The maximum absolute atomic E-state index is 11.8. The SMILES string of the molecule is CCN(CC)C(=O)Cn1cc(C(C)(C)N)nn1. The van der Waals surface area contributed by atoms with E-state index in [-0.39, 0.29) is 12.5 Å². The lowest BCUT2D eigenvalue weighted by Gasteiger charge is -2.18. The van der Waals surface area contributed by atoms with Crippen LogP contribution in [0.4, 0.5) is 0 Å². The molecule has 0 aliphatic rings. The van der Waals surface area contributed by atoms with E-state index in [1.54, 1.807) is 11.1 Å². The average molecular weight is 239 g/mol. The first-order chi connectivity index (χ1) is 7.88. The molecule has 1 aromatic rings. The van der Waals surface area contributed by atoms with Crippen LogP contribution in [0.1, 0.15) is 33.4 Å². The Balaban J connectivity index is 2.70. The van der Waals surface area contributed by atoms with E-state index in [0.29, 0.717) is 18.8 Å². The minimum atomic E-state index is -0.531. The highest BCUT2D eigenvalue weighted by atomic mass is 16.2. The summed E-state index contributed by atoms with van der Waals surface area (Å²) in [6, 6.07) is 0. The number of carbonyl (C=O) groups excluding carboxylic acids is 1. The molecule has 0 radical (unpaired) electrons. The molecule has 1 rings (SSSR count). The summed E-state index contributed by atoms with van der Waals surface area (Å²) in [6.07, 6.45) is 1.72. The van der Waals surface area contributed by atoms with Gasteiger partial charge in [-0.3, -0.25) is 4.79 Å². The Morgan fingerprint density at radius 3 is 2.47 bits per heavy atom. The van der Waals surface area contributed by atoms with Crippen molar-refractivity contribution in [1.82, 2.24) is 19.9 Å². The van der Waals surface area contributed by atoms with Gasteiger partial charge in [-0.05, 0) is 27.7 Å². The topological polar surface area (TPSA) is 77.0 Å². The number of amides is 1. The van der Waals surface area contributed by atoms with Crippen molar-refractivity contribution in [3.63, 3.8) is 0 Å². The van der Waals surface area contributed by atoms with Crippen LogP contribution in [-0.2, 0) is 16.9 Å². The number of nitrogens with two attached hydrogens (primary N) is 1. The lowest BCUT2D eigenvalue weighted by atomic mass is 10.0. The molecule has 0 saturated heterocycles. The molecule has 0 saturated carbocycles.